The molecule has 2 aromatic carbocycles. The second-order valence-corrected chi connectivity index (χ2v) is 9.11. The Kier molecular flexibility index (Phi) is 8.35. The zero-order chi connectivity index (χ0) is 25.7. The van der Waals surface area contributed by atoms with Crippen LogP contribution in [0, 0.1) is 6.92 Å². The number of carbonyl (C=O) groups excluding carboxylic acids is 2. The maximum atomic E-state index is 13.2. The molecule has 0 spiro atoms. The minimum atomic E-state index is -0.713. The van der Waals surface area contributed by atoms with E-state index >= 15 is 0 Å². The smallest absolute Gasteiger partial charge is 0.295 e. The molecule has 1 amide bonds. The Morgan fingerprint density at radius 1 is 1.17 bits per heavy atom. The molecule has 2 aromatic rings. The van der Waals surface area contributed by atoms with Crippen molar-refractivity contribution in [2.24, 2.45) is 0 Å². The van der Waals surface area contributed by atoms with Crippen LogP contribution < -0.4 is 9.47 Å². The van der Waals surface area contributed by atoms with Gasteiger partial charge in [-0.25, -0.2) is 0 Å². The van der Waals surface area contributed by atoms with E-state index in [9.17, 15) is 14.7 Å². The second-order valence-electron chi connectivity index (χ2n) is 9.11. The van der Waals surface area contributed by atoms with Gasteiger partial charge in [0.1, 0.15) is 23.9 Å². The summed E-state index contributed by atoms with van der Waals surface area (Å²) in [5, 5.41) is 11.3. The molecule has 35 heavy (non-hydrogen) atoms. The van der Waals surface area contributed by atoms with Crippen LogP contribution in [0.5, 0.6) is 11.5 Å². The molecule has 186 valence electrons. The number of ether oxygens (including phenoxy) is 2. The number of aliphatic hydroxyl groups is 1. The minimum absolute atomic E-state index is 0.00796. The summed E-state index contributed by atoms with van der Waals surface area (Å²) in [6, 6.07) is 11.7. The van der Waals surface area contributed by atoms with E-state index in [1.807, 2.05) is 51.9 Å². The van der Waals surface area contributed by atoms with Gasteiger partial charge in [0.25, 0.3) is 11.7 Å². The van der Waals surface area contributed by atoms with Crippen LogP contribution in [0.25, 0.3) is 5.76 Å². The van der Waals surface area contributed by atoms with Gasteiger partial charge in [-0.2, -0.15) is 0 Å². The number of ketones is 1. The predicted molar refractivity (Wildman–Crippen MR) is 137 cm³/mol. The van der Waals surface area contributed by atoms with Crippen LogP contribution in [0.4, 0.5) is 0 Å². The predicted octanol–water partition coefficient (Wildman–Crippen LogP) is 4.33. The van der Waals surface area contributed by atoms with Gasteiger partial charge in [-0.1, -0.05) is 24.8 Å². The number of likely N-dealkylation sites (N-methyl/N-ethyl adjacent to an activating group) is 1. The number of Topliss-reactive ketones (excluding diaryl/α,β-unsaturated/α-hetero) is 1. The number of aryl methyl sites for hydroxylation is 1. The van der Waals surface area contributed by atoms with Crippen LogP contribution in [0.2, 0.25) is 0 Å². The topological polar surface area (TPSA) is 79.3 Å². The third-order valence-electron chi connectivity index (χ3n) is 5.70. The van der Waals surface area contributed by atoms with Gasteiger partial charge >= 0.3 is 0 Å². The van der Waals surface area contributed by atoms with Crippen LogP contribution in [0.3, 0.4) is 0 Å². The van der Waals surface area contributed by atoms with Crippen molar-refractivity contribution in [3.05, 3.63) is 77.4 Å². The number of carbonyl (C=O) groups is 2. The lowest BCUT2D eigenvalue weighted by molar-refractivity contribution is -0.140. The van der Waals surface area contributed by atoms with E-state index in [0.29, 0.717) is 42.3 Å². The maximum absolute atomic E-state index is 13.2. The SMILES string of the molecule is C=CCOc1ccc(C2C(=C(O)c3ccc(OC(C)C)c(C)c3)C(=O)C(=O)N2CCN(C)C)cc1. The zero-order valence-corrected chi connectivity index (χ0v) is 21.1. The van der Waals surface area contributed by atoms with E-state index < -0.39 is 17.7 Å². The van der Waals surface area contributed by atoms with Gasteiger partial charge in [0.2, 0.25) is 0 Å². The van der Waals surface area contributed by atoms with Gasteiger partial charge in [-0.05, 0) is 76.3 Å². The van der Waals surface area contributed by atoms with E-state index in [-0.39, 0.29) is 17.4 Å². The summed E-state index contributed by atoms with van der Waals surface area (Å²) in [5.41, 5.74) is 2.07. The zero-order valence-electron chi connectivity index (χ0n) is 21.1. The summed E-state index contributed by atoms with van der Waals surface area (Å²) in [7, 11) is 3.81. The number of hydrogen-bond donors (Lipinski definition) is 1. The number of nitrogens with zero attached hydrogens (tertiary/aromatic N) is 2. The lowest BCUT2D eigenvalue weighted by Crippen LogP contribution is -2.35. The first kappa shape index (κ1) is 26.0. The minimum Gasteiger partial charge on any atom is -0.507 e. The van der Waals surface area contributed by atoms with Gasteiger partial charge in [0.05, 0.1) is 17.7 Å². The molecule has 1 saturated heterocycles. The Morgan fingerprint density at radius 2 is 1.86 bits per heavy atom. The number of amides is 1. The van der Waals surface area contributed by atoms with Gasteiger partial charge in [0, 0.05) is 18.7 Å². The van der Waals surface area contributed by atoms with E-state index in [1.165, 1.54) is 4.90 Å². The highest BCUT2D eigenvalue weighted by molar-refractivity contribution is 6.46. The van der Waals surface area contributed by atoms with Gasteiger partial charge in [0.15, 0.2) is 0 Å². The quantitative estimate of drug-likeness (QED) is 0.237. The Balaban J connectivity index is 2.08. The number of likely N-dealkylation sites (tertiary alicyclic amines) is 1. The van der Waals surface area contributed by atoms with Crippen LogP contribution in [-0.4, -0.2) is 66.5 Å². The first-order chi connectivity index (χ1) is 16.6. The number of rotatable bonds is 10. The van der Waals surface area contributed by atoms with Crippen molar-refractivity contribution >= 4 is 17.4 Å². The lowest BCUT2D eigenvalue weighted by atomic mass is 9.94. The van der Waals surface area contributed by atoms with Crippen molar-refractivity contribution < 1.29 is 24.2 Å². The Hall–Kier alpha value is -3.58. The van der Waals surface area contributed by atoms with E-state index in [1.54, 1.807) is 36.4 Å². The Bertz CT molecular complexity index is 1120. The average Bonchev–Trinajstić information content (AvgIpc) is 3.07. The van der Waals surface area contributed by atoms with Crippen LogP contribution in [0.15, 0.2) is 60.7 Å². The van der Waals surface area contributed by atoms with E-state index in [4.69, 9.17) is 9.47 Å². The molecule has 7 nitrogen and oxygen atoms in total. The second kappa shape index (κ2) is 11.2. The molecule has 1 aliphatic heterocycles. The molecular formula is C28H34N2O5. The van der Waals surface area contributed by atoms with Crippen LogP contribution >= 0.6 is 0 Å². The summed E-state index contributed by atoms with van der Waals surface area (Å²) in [4.78, 5) is 29.7. The molecule has 0 aromatic heterocycles. The molecule has 1 aliphatic rings. The molecule has 1 fully saturated rings. The Labute approximate surface area is 207 Å². The normalized spacial score (nSPS) is 17.3. The van der Waals surface area contributed by atoms with Crippen molar-refractivity contribution in [3.8, 4) is 11.5 Å². The number of hydrogen-bond acceptors (Lipinski definition) is 6. The molecule has 0 bridgehead atoms. The number of benzene rings is 2. The van der Waals surface area contributed by atoms with Crippen LogP contribution in [0.1, 0.15) is 36.6 Å². The summed E-state index contributed by atoms with van der Waals surface area (Å²) in [5.74, 6) is -0.169. The monoisotopic (exact) mass is 478 g/mol. The van der Waals surface area contributed by atoms with Crippen molar-refractivity contribution in [1.29, 1.82) is 0 Å². The highest BCUT2D eigenvalue weighted by Gasteiger charge is 2.45. The fourth-order valence-corrected chi connectivity index (χ4v) is 4.00. The molecule has 1 atom stereocenters. The highest BCUT2D eigenvalue weighted by atomic mass is 16.5. The first-order valence-corrected chi connectivity index (χ1v) is 11.7. The third-order valence-corrected chi connectivity index (χ3v) is 5.70. The molecule has 1 heterocycles. The largest absolute Gasteiger partial charge is 0.507 e. The lowest BCUT2D eigenvalue weighted by Gasteiger charge is -2.26. The summed E-state index contributed by atoms with van der Waals surface area (Å²) < 4.78 is 11.4. The molecule has 3 rings (SSSR count). The van der Waals surface area contributed by atoms with E-state index in [2.05, 4.69) is 6.58 Å². The fraction of sp³-hybridized carbons (Fsp3) is 0.357. The van der Waals surface area contributed by atoms with Gasteiger partial charge < -0.3 is 24.4 Å². The number of aliphatic hydroxyl groups excluding tert-OH is 1. The third kappa shape index (κ3) is 5.92. The molecule has 7 heteroatoms. The van der Waals surface area contributed by atoms with E-state index in [0.717, 1.165) is 5.56 Å². The van der Waals surface area contributed by atoms with Crippen molar-refractivity contribution in [2.45, 2.75) is 32.9 Å². The van der Waals surface area contributed by atoms with Crippen molar-refractivity contribution in [1.82, 2.24) is 9.80 Å². The molecule has 0 saturated carbocycles. The summed E-state index contributed by atoms with van der Waals surface area (Å²) in [6.07, 6.45) is 1.66. The molecule has 1 unspecified atom stereocenters. The van der Waals surface area contributed by atoms with Gasteiger partial charge in [-0.3, -0.25) is 9.59 Å². The standard InChI is InChI=1S/C28H34N2O5/c1-7-16-34-22-11-8-20(9-12-22)25-24(27(32)28(33)30(25)15-14-29(5)6)26(31)21-10-13-23(19(4)17-21)35-18(2)3/h7-13,17-18,25,31H,1,14-16H2,2-6H3. The average molecular weight is 479 g/mol. The first-order valence-electron chi connectivity index (χ1n) is 11.7. The highest BCUT2D eigenvalue weighted by Crippen LogP contribution is 2.40. The molecule has 1 N–H and O–H groups in total. The Morgan fingerprint density at radius 3 is 2.43 bits per heavy atom. The fourth-order valence-electron chi connectivity index (χ4n) is 4.00. The maximum Gasteiger partial charge on any atom is 0.295 e. The van der Waals surface area contributed by atoms with Crippen molar-refractivity contribution in [2.75, 3.05) is 33.8 Å². The van der Waals surface area contributed by atoms with Gasteiger partial charge in [-0.15, -0.1) is 0 Å². The van der Waals surface area contributed by atoms with Crippen molar-refractivity contribution in [3.63, 3.8) is 0 Å². The molecule has 0 radical (unpaired) electrons. The summed E-state index contributed by atoms with van der Waals surface area (Å²) in [6.45, 7) is 10.7. The van der Waals surface area contributed by atoms with Crippen LogP contribution in [-0.2, 0) is 9.59 Å². The molecule has 0 aliphatic carbocycles. The molecular weight excluding hydrogens is 444 g/mol. The summed E-state index contributed by atoms with van der Waals surface area (Å²) >= 11 is 0.